The van der Waals surface area contributed by atoms with Crippen molar-refractivity contribution in [3.63, 3.8) is 0 Å². The zero-order valence-electron chi connectivity index (χ0n) is 55.5. The van der Waals surface area contributed by atoms with Crippen molar-refractivity contribution in [1.29, 1.82) is 0 Å². The highest BCUT2D eigenvalue weighted by molar-refractivity contribution is 6.24. The van der Waals surface area contributed by atoms with Gasteiger partial charge >= 0.3 is 0 Å². The van der Waals surface area contributed by atoms with Crippen LogP contribution in [0.2, 0.25) is 0 Å². The first kappa shape index (κ1) is 56.2. The highest BCUT2D eigenvalue weighted by atomic mass is 15.1. The third-order valence-corrected chi connectivity index (χ3v) is 23.2. The number of para-hydroxylation sites is 3. The van der Waals surface area contributed by atoms with Gasteiger partial charge in [-0.3, -0.25) is 0 Å². The molecule has 0 saturated heterocycles. The molecule has 0 fully saturated rings. The van der Waals surface area contributed by atoms with E-state index in [4.69, 9.17) is 0 Å². The summed E-state index contributed by atoms with van der Waals surface area (Å²) in [5.41, 5.74) is 30.3. The lowest BCUT2D eigenvalue weighted by molar-refractivity contribution is 0.809. The van der Waals surface area contributed by atoms with Crippen LogP contribution < -0.4 is 9.80 Å². The van der Waals surface area contributed by atoms with Crippen LogP contribution in [0.15, 0.2) is 358 Å². The van der Waals surface area contributed by atoms with Crippen molar-refractivity contribution in [3.8, 4) is 55.6 Å². The topological polar surface area (TPSA) is 6.48 Å². The summed E-state index contributed by atoms with van der Waals surface area (Å²) in [6, 6.07) is 136. The third-order valence-electron chi connectivity index (χ3n) is 23.2. The van der Waals surface area contributed by atoms with Gasteiger partial charge in [0.05, 0.1) is 10.8 Å². The summed E-state index contributed by atoms with van der Waals surface area (Å²) >= 11 is 0. The maximum absolute atomic E-state index is 2.49. The highest BCUT2D eigenvalue weighted by Gasteiger charge is 2.56. The molecule has 101 heavy (non-hydrogen) atoms. The van der Waals surface area contributed by atoms with Gasteiger partial charge in [0, 0.05) is 34.1 Å². The fourth-order valence-corrected chi connectivity index (χ4v) is 19.4. The lowest BCUT2D eigenvalue weighted by Gasteiger charge is -2.33. The number of hydrogen-bond acceptors (Lipinski definition) is 2. The first-order chi connectivity index (χ1) is 50.1. The van der Waals surface area contributed by atoms with Crippen molar-refractivity contribution in [2.24, 2.45) is 0 Å². The van der Waals surface area contributed by atoms with Crippen LogP contribution in [0.1, 0.15) is 50.1 Å². The summed E-state index contributed by atoms with van der Waals surface area (Å²) in [5, 5.41) is 15.1. The van der Waals surface area contributed by atoms with Gasteiger partial charge < -0.3 is 9.80 Å². The van der Waals surface area contributed by atoms with Crippen LogP contribution in [0.3, 0.4) is 0 Å². The Kier molecular flexibility index (Phi) is 11.7. The van der Waals surface area contributed by atoms with Gasteiger partial charge in [0.15, 0.2) is 0 Å². The quantitative estimate of drug-likeness (QED) is 0.147. The fraction of sp³-hybridized carbons (Fsp3) is 0.0303. The fourth-order valence-electron chi connectivity index (χ4n) is 19.4. The molecule has 0 heterocycles. The molecule has 0 atom stereocenters. The number of nitrogens with zero attached hydrogens (tertiary/aromatic N) is 2. The SMILES string of the molecule is Cc1ccccc1N(c1ccccc1)c1ccc2c3c(c4ccccc4c2c1)-c1ccc2cc(-c4cccc(N(c5ccccc5)c5ccc6c7c(c8ccccc8c6c5)-c5ccc6ccccc6c5C75c6ccccc6-c6ccccc65)c4)ccc2c1C31c2ccccc2-c2ccccc21. The average Bonchev–Trinajstić information content (AvgIpc) is 1.50. The van der Waals surface area contributed by atoms with Gasteiger partial charge in [0.25, 0.3) is 0 Å². The van der Waals surface area contributed by atoms with E-state index in [-0.39, 0.29) is 0 Å². The van der Waals surface area contributed by atoms with Crippen LogP contribution in [0, 0.1) is 6.92 Å². The smallest absolute Gasteiger partial charge is 0.0737 e. The van der Waals surface area contributed by atoms with Crippen molar-refractivity contribution in [2.75, 3.05) is 9.80 Å². The monoisotopic (exact) mass is 1280 g/mol. The minimum atomic E-state index is -0.635. The normalized spacial score (nSPS) is 13.6. The van der Waals surface area contributed by atoms with Gasteiger partial charge in [-0.2, -0.15) is 0 Å². The predicted octanol–water partition coefficient (Wildman–Crippen LogP) is 26.2. The molecular weight excluding hydrogens is 1220 g/mol. The molecule has 0 aromatic heterocycles. The van der Waals surface area contributed by atoms with Crippen LogP contribution >= 0.6 is 0 Å². The van der Waals surface area contributed by atoms with Gasteiger partial charge in [-0.15, -0.1) is 0 Å². The van der Waals surface area contributed by atoms with E-state index in [2.05, 4.69) is 375 Å². The van der Waals surface area contributed by atoms with E-state index >= 15 is 0 Å². The number of fused-ring (bicyclic) bond motifs is 34. The largest absolute Gasteiger partial charge is 0.310 e. The Morgan fingerprint density at radius 2 is 0.604 bits per heavy atom. The Morgan fingerprint density at radius 3 is 1.15 bits per heavy atom. The first-order valence-electron chi connectivity index (χ1n) is 35.4. The van der Waals surface area contributed by atoms with E-state index in [1.807, 2.05) is 0 Å². The van der Waals surface area contributed by atoms with E-state index in [1.165, 1.54) is 165 Å². The van der Waals surface area contributed by atoms with E-state index < -0.39 is 10.8 Å². The van der Waals surface area contributed by atoms with Crippen molar-refractivity contribution >= 4 is 98.8 Å². The molecule has 18 aromatic rings. The molecule has 2 heteroatoms. The average molecular weight is 1280 g/mol. The van der Waals surface area contributed by atoms with E-state index in [1.54, 1.807) is 0 Å². The Labute approximate surface area is 586 Å². The zero-order chi connectivity index (χ0) is 66.2. The predicted molar refractivity (Wildman–Crippen MR) is 424 cm³/mol. The molecule has 2 nitrogen and oxygen atoms in total. The lowest BCUT2D eigenvalue weighted by Crippen LogP contribution is -2.26. The second-order valence-electron chi connectivity index (χ2n) is 28.0. The van der Waals surface area contributed by atoms with Gasteiger partial charge in [-0.05, 0) is 250 Å². The molecule has 0 radical (unpaired) electrons. The molecule has 468 valence electrons. The Hall–Kier alpha value is -12.9. The number of aryl methyl sites for hydroxylation is 1. The number of rotatable bonds is 7. The summed E-state index contributed by atoms with van der Waals surface area (Å²) in [6.07, 6.45) is 0. The van der Waals surface area contributed by atoms with Crippen LogP contribution in [-0.2, 0) is 10.8 Å². The van der Waals surface area contributed by atoms with Crippen LogP contribution in [0.4, 0.5) is 34.1 Å². The van der Waals surface area contributed by atoms with Gasteiger partial charge in [-0.1, -0.05) is 285 Å². The molecule has 0 unspecified atom stereocenters. The van der Waals surface area contributed by atoms with Crippen LogP contribution in [-0.4, -0.2) is 0 Å². The van der Waals surface area contributed by atoms with Gasteiger partial charge in [0.2, 0.25) is 0 Å². The highest BCUT2D eigenvalue weighted by Crippen LogP contribution is 2.69. The minimum absolute atomic E-state index is 0.562. The summed E-state index contributed by atoms with van der Waals surface area (Å²) < 4.78 is 0. The zero-order valence-corrected chi connectivity index (χ0v) is 55.5. The summed E-state index contributed by atoms with van der Waals surface area (Å²) in [5.74, 6) is 0. The molecule has 0 N–H and O–H groups in total. The number of anilines is 6. The maximum atomic E-state index is 2.49. The van der Waals surface area contributed by atoms with Crippen molar-refractivity contribution < 1.29 is 0 Å². The Balaban J connectivity index is 0.729. The Bertz CT molecular complexity index is 6530. The molecule has 0 saturated carbocycles. The van der Waals surface area contributed by atoms with Gasteiger partial charge in [0.1, 0.15) is 0 Å². The molecule has 0 bridgehead atoms. The summed E-state index contributed by atoms with van der Waals surface area (Å²) in [7, 11) is 0. The van der Waals surface area contributed by atoms with Gasteiger partial charge in [-0.25, -0.2) is 0 Å². The van der Waals surface area contributed by atoms with E-state index in [9.17, 15) is 0 Å². The Morgan fingerprint density at radius 1 is 0.208 bits per heavy atom. The lowest BCUT2D eigenvalue weighted by atomic mass is 9.68. The molecule has 4 aliphatic rings. The molecule has 22 rings (SSSR count). The second-order valence-corrected chi connectivity index (χ2v) is 28.0. The second kappa shape index (κ2) is 21.1. The molecule has 2 spiro atoms. The van der Waals surface area contributed by atoms with Crippen LogP contribution in [0.25, 0.3) is 120 Å². The molecular formula is C99H62N2. The molecule has 4 aliphatic carbocycles. The number of hydrogen-bond donors (Lipinski definition) is 0. The first-order valence-corrected chi connectivity index (χ1v) is 35.4. The number of benzene rings is 18. The molecule has 0 amide bonds. The molecule has 18 aromatic carbocycles. The standard InChI is InChI=1S/C99H62N2/c1-61-25-8-23-46-91(61)101(67-30-6-3-7-31-67)70-51-56-82-86(60-70)74-35-12-14-41-80(74)93-84-54-49-65-57-64(48-52-72(65)95(84)99(97(82)93)89-44-21-17-38-77(89)78-39-18-22-45-90(78)99)63-27-24-32-68(58-63)100(66-28-4-2-5-29-66)69-50-55-81-85(59-69)73-34-11-13-40-79(73)92-83-53-47-62-26-9-10-33-71(62)94(83)98(96(81)92)87-42-19-15-36-75(87)76-37-16-20-43-88(76)98/h2-60H,1H3. The van der Waals surface area contributed by atoms with Crippen molar-refractivity contribution in [3.05, 3.63) is 408 Å². The van der Waals surface area contributed by atoms with Crippen molar-refractivity contribution in [1.82, 2.24) is 0 Å². The van der Waals surface area contributed by atoms with E-state index in [0.29, 0.717) is 0 Å². The van der Waals surface area contributed by atoms with Crippen molar-refractivity contribution in [2.45, 2.75) is 17.8 Å². The van der Waals surface area contributed by atoms with E-state index in [0.717, 1.165) is 39.7 Å². The summed E-state index contributed by atoms with van der Waals surface area (Å²) in [6.45, 7) is 2.22. The minimum Gasteiger partial charge on any atom is -0.310 e. The maximum Gasteiger partial charge on any atom is 0.0737 e. The molecule has 0 aliphatic heterocycles. The van der Waals surface area contributed by atoms with Crippen LogP contribution in [0.5, 0.6) is 0 Å². The summed E-state index contributed by atoms with van der Waals surface area (Å²) in [4.78, 5) is 4.90. The third kappa shape index (κ3) is 7.50.